The minimum absolute atomic E-state index is 0.00231. The van der Waals surface area contributed by atoms with Crippen LogP contribution in [0.2, 0.25) is 0 Å². The van der Waals surface area contributed by atoms with E-state index in [2.05, 4.69) is 0 Å². The Labute approximate surface area is 88.3 Å². The zero-order chi connectivity index (χ0) is 11.9. The first-order valence-electron chi connectivity index (χ1n) is 4.37. The van der Waals surface area contributed by atoms with Gasteiger partial charge in [0.1, 0.15) is 0 Å². The highest BCUT2D eigenvalue weighted by molar-refractivity contribution is 5.92. The lowest BCUT2D eigenvalue weighted by Crippen LogP contribution is -2.11. The Hall–Kier alpha value is -1.98. The van der Waals surface area contributed by atoms with Crippen LogP contribution in [0, 0.1) is 0 Å². The average Bonchev–Trinajstić information content (AvgIpc) is 2.58. The lowest BCUT2D eigenvalue weighted by molar-refractivity contribution is -0.136. The van der Waals surface area contributed by atoms with E-state index >= 15 is 0 Å². The first-order chi connectivity index (χ1) is 7.39. The van der Waals surface area contributed by atoms with E-state index < -0.39 is 17.6 Å². The molecule has 1 amide bonds. The summed E-state index contributed by atoms with van der Waals surface area (Å²) < 4.78 is 38.7. The number of hydrogen-bond donors (Lipinski definition) is 1. The molecule has 0 saturated carbocycles. The van der Waals surface area contributed by atoms with Gasteiger partial charge in [-0.1, -0.05) is 0 Å². The van der Waals surface area contributed by atoms with Gasteiger partial charge in [-0.25, -0.2) is 0 Å². The Morgan fingerprint density at radius 1 is 1.25 bits per heavy atom. The molecule has 0 bridgehead atoms. The lowest BCUT2D eigenvalue weighted by Gasteiger charge is -2.05. The van der Waals surface area contributed by atoms with Gasteiger partial charge in [0.2, 0.25) is 5.91 Å². The van der Waals surface area contributed by atoms with Crippen molar-refractivity contribution in [2.75, 3.05) is 0 Å². The van der Waals surface area contributed by atoms with Gasteiger partial charge in [-0.3, -0.25) is 4.79 Å². The van der Waals surface area contributed by atoms with Crippen molar-refractivity contribution < 1.29 is 18.0 Å². The largest absolute Gasteiger partial charge is 0.418 e. The molecule has 0 aliphatic heterocycles. The Morgan fingerprint density at radius 3 is 2.50 bits per heavy atom. The van der Waals surface area contributed by atoms with E-state index in [1.54, 1.807) is 0 Å². The van der Waals surface area contributed by atoms with Crippen LogP contribution in [0.4, 0.5) is 13.2 Å². The van der Waals surface area contributed by atoms with Crippen LogP contribution in [0.15, 0.2) is 30.6 Å². The SMILES string of the molecule is NC(=O)c1ccc2c(C(F)(F)F)ccn2c1. The summed E-state index contributed by atoms with van der Waals surface area (Å²) in [5.74, 6) is -0.677. The van der Waals surface area contributed by atoms with E-state index in [-0.39, 0.29) is 11.1 Å². The molecule has 2 N–H and O–H groups in total. The van der Waals surface area contributed by atoms with Gasteiger partial charge in [0, 0.05) is 12.4 Å². The standard InChI is InChI=1S/C10H7F3N2O/c11-10(12,13)7-3-4-15-5-6(9(14)16)1-2-8(7)15/h1-5H,(H2,14,16). The number of halogens is 3. The van der Waals surface area contributed by atoms with Crippen molar-refractivity contribution >= 4 is 11.4 Å². The molecular formula is C10H7F3N2O. The molecule has 16 heavy (non-hydrogen) atoms. The van der Waals surface area contributed by atoms with Crippen LogP contribution in [0.5, 0.6) is 0 Å². The molecule has 0 atom stereocenters. The molecule has 6 heteroatoms. The monoisotopic (exact) mass is 228 g/mol. The Kier molecular flexibility index (Phi) is 2.15. The van der Waals surface area contributed by atoms with Crippen LogP contribution in [0.1, 0.15) is 15.9 Å². The van der Waals surface area contributed by atoms with Crippen molar-refractivity contribution in [2.24, 2.45) is 5.73 Å². The number of nitrogens with two attached hydrogens (primary N) is 1. The molecule has 0 spiro atoms. The fraction of sp³-hybridized carbons (Fsp3) is 0.100. The average molecular weight is 228 g/mol. The molecule has 0 fully saturated rings. The molecule has 84 valence electrons. The maximum Gasteiger partial charge on any atom is 0.418 e. The number of rotatable bonds is 1. The summed E-state index contributed by atoms with van der Waals surface area (Å²) in [6, 6.07) is 3.45. The van der Waals surface area contributed by atoms with E-state index in [0.717, 1.165) is 6.07 Å². The van der Waals surface area contributed by atoms with Crippen molar-refractivity contribution in [3.05, 3.63) is 41.7 Å². The number of hydrogen-bond acceptors (Lipinski definition) is 1. The van der Waals surface area contributed by atoms with Gasteiger partial charge in [-0.15, -0.1) is 0 Å². The number of carbonyl (C=O) groups excluding carboxylic acids is 1. The second-order valence-corrected chi connectivity index (χ2v) is 3.30. The predicted molar refractivity (Wildman–Crippen MR) is 50.9 cm³/mol. The number of primary amides is 1. The maximum absolute atomic E-state index is 12.5. The van der Waals surface area contributed by atoms with Gasteiger partial charge >= 0.3 is 6.18 Å². The topological polar surface area (TPSA) is 47.5 Å². The van der Waals surface area contributed by atoms with Crippen LogP contribution in [0.3, 0.4) is 0 Å². The highest BCUT2D eigenvalue weighted by Gasteiger charge is 2.33. The number of amides is 1. The first kappa shape index (κ1) is 10.5. The summed E-state index contributed by atoms with van der Waals surface area (Å²) in [5.41, 5.74) is 4.45. The van der Waals surface area contributed by atoms with Crippen molar-refractivity contribution in [3.8, 4) is 0 Å². The van der Waals surface area contributed by atoms with Crippen LogP contribution in [-0.4, -0.2) is 10.3 Å². The number of nitrogens with zero attached hydrogens (tertiary/aromatic N) is 1. The van der Waals surface area contributed by atoms with Gasteiger partial charge in [0.25, 0.3) is 0 Å². The second-order valence-electron chi connectivity index (χ2n) is 3.30. The molecule has 0 radical (unpaired) electrons. The molecule has 2 aromatic rings. The molecule has 3 nitrogen and oxygen atoms in total. The fourth-order valence-electron chi connectivity index (χ4n) is 1.50. The number of carbonyl (C=O) groups is 1. The zero-order valence-corrected chi connectivity index (χ0v) is 7.95. The number of alkyl halides is 3. The van der Waals surface area contributed by atoms with Gasteiger partial charge < -0.3 is 10.1 Å². The summed E-state index contributed by atoms with van der Waals surface area (Å²) in [4.78, 5) is 10.8. The molecule has 0 aliphatic carbocycles. The third-order valence-corrected chi connectivity index (χ3v) is 2.24. The van der Waals surface area contributed by atoms with Crippen LogP contribution in [0.25, 0.3) is 5.52 Å². The molecule has 0 saturated heterocycles. The Bertz CT molecular complexity index is 557. The van der Waals surface area contributed by atoms with Gasteiger partial charge in [-0.2, -0.15) is 13.2 Å². The van der Waals surface area contributed by atoms with Crippen molar-refractivity contribution in [1.29, 1.82) is 0 Å². The van der Waals surface area contributed by atoms with Crippen molar-refractivity contribution in [2.45, 2.75) is 6.18 Å². The van der Waals surface area contributed by atoms with Crippen LogP contribution < -0.4 is 5.73 Å². The highest BCUT2D eigenvalue weighted by Crippen LogP contribution is 2.33. The zero-order valence-electron chi connectivity index (χ0n) is 7.95. The number of pyridine rings is 1. The minimum atomic E-state index is -4.40. The van der Waals surface area contributed by atoms with Crippen molar-refractivity contribution in [3.63, 3.8) is 0 Å². The second kappa shape index (κ2) is 3.26. The summed E-state index contributed by atoms with van der Waals surface area (Å²) in [7, 11) is 0. The van der Waals surface area contributed by atoms with Gasteiger partial charge in [0.05, 0.1) is 16.6 Å². The lowest BCUT2D eigenvalue weighted by atomic mass is 10.2. The van der Waals surface area contributed by atoms with E-state index in [1.165, 1.54) is 28.9 Å². The predicted octanol–water partition coefficient (Wildman–Crippen LogP) is 2.06. The minimum Gasteiger partial charge on any atom is -0.366 e. The van der Waals surface area contributed by atoms with E-state index in [0.29, 0.717) is 0 Å². The normalized spacial score (nSPS) is 11.9. The number of fused-ring (bicyclic) bond motifs is 1. The third kappa shape index (κ3) is 1.62. The molecule has 0 unspecified atom stereocenters. The Balaban J connectivity index is 2.64. The summed E-state index contributed by atoms with van der Waals surface area (Å²) in [6.45, 7) is 0. The van der Waals surface area contributed by atoms with E-state index in [9.17, 15) is 18.0 Å². The molecule has 2 heterocycles. The third-order valence-electron chi connectivity index (χ3n) is 2.24. The highest BCUT2D eigenvalue weighted by atomic mass is 19.4. The van der Waals surface area contributed by atoms with E-state index in [1.807, 2.05) is 0 Å². The first-order valence-corrected chi connectivity index (χ1v) is 4.37. The van der Waals surface area contributed by atoms with Gasteiger partial charge in [0.15, 0.2) is 0 Å². The summed E-state index contributed by atoms with van der Waals surface area (Å²) >= 11 is 0. The van der Waals surface area contributed by atoms with Crippen LogP contribution >= 0.6 is 0 Å². The maximum atomic E-state index is 12.5. The van der Waals surface area contributed by atoms with Crippen LogP contribution in [-0.2, 0) is 6.18 Å². The smallest absolute Gasteiger partial charge is 0.366 e. The number of aromatic nitrogens is 1. The summed E-state index contributed by atoms with van der Waals surface area (Å²) in [5, 5.41) is 0. The Morgan fingerprint density at radius 2 is 1.94 bits per heavy atom. The molecule has 0 aromatic carbocycles. The van der Waals surface area contributed by atoms with E-state index in [4.69, 9.17) is 5.73 Å². The quantitative estimate of drug-likeness (QED) is 0.797. The van der Waals surface area contributed by atoms with Gasteiger partial charge in [-0.05, 0) is 18.2 Å². The molecule has 2 aromatic heterocycles. The molecule has 2 rings (SSSR count). The summed E-state index contributed by atoms with van der Waals surface area (Å²) in [6.07, 6.45) is -1.89. The molecule has 0 aliphatic rings. The fourth-order valence-corrected chi connectivity index (χ4v) is 1.50. The van der Waals surface area contributed by atoms with Crippen molar-refractivity contribution in [1.82, 2.24) is 4.40 Å². The molecular weight excluding hydrogens is 221 g/mol.